The molecule has 1 saturated heterocycles. The largest absolute Gasteiger partial charge is 0.489 e. The van der Waals surface area contributed by atoms with E-state index in [0.29, 0.717) is 53.5 Å². The highest BCUT2D eigenvalue weighted by Crippen LogP contribution is 2.43. The average molecular weight is 456 g/mol. The van der Waals surface area contributed by atoms with Crippen LogP contribution < -0.4 is 20.5 Å². The van der Waals surface area contributed by atoms with Gasteiger partial charge in [0.1, 0.15) is 0 Å². The summed E-state index contributed by atoms with van der Waals surface area (Å²) < 4.78 is 12.1. The summed E-state index contributed by atoms with van der Waals surface area (Å²) in [4.78, 5) is 15.1. The van der Waals surface area contributed by atoms with E-state index in [4.69, 9.17) is 15.2 Å². The molecule has 8 heteroatoms. The molecule has 1 fully saturated rings. The van der Waals surface area contributed by atoms with E-state index in [-0.39, 0.29) is 11.8 Å². The molecule has 2 atom stereocenters. The Bertz CT molecular complexity index is 701. The molecule has 3 rings (SSSR count). The number of amides is 1. The van der Waals surface area contributed by atoms with Crippen LogP contribution >= 0.6 is 15.9 Å². The number of hydrogen-bond acceptors (Lipinski definition) is 6. The topological polar surface area (TPSA) is 97.1 Å². The Kier molecular flexibility index (Phi) is 7.42. The molecule has 0 bridgehead atoms. The molecule has 7 nitrogen and oxygen atoms in total. The highest BCUT2D eigenvalue weighted by molar-refractivity contribution is 9.10. The van der Waals surface area contributed by atoms with Crippen molar-refractivity contribution in [1.82, 2.24) is 10.2 Å². The number of fused-ring (bicyclic) bond motifs is 1. The fourth-order valence-electron chi connectivity index (χ4n) is 3.67. The van der Waals surface area contributed by atoms with Gasteiger partial charge in [-0.2, -0.15) is 0 Å². The van der Waals surface area contributed by atoms with Gasteiger partial charge in [0.15, 0.2) is 11.5 Å². The number of ether oxygens (including phenoxy) is 2. The third kappa shape index (κ3) is 4.90. The summed E-state index contributed by atoms with van der Waals surface area (Å²) >= 11 is 3.42. The molecule has 2 heterocycles. The predicted octanol–water partition coefficient (Wildman–Crippen LogP) is 2.41. The number of aliphatic hydroxyl groups excluding tert-OH is 1. The normalized spacial score (nSPS) is 22.5. The maximum Gasteiger partial charge on any atom is 0.255 e. The summed E-state index contributed by atoms with van der Waals surface area (Å²) in [6.45, 7) is 6.23. The second kappa shape index (κ2) is 9.80. The minimum atomic E-state index is -0.433. The number of carbonyl (C=O) groups is 1. The van der Waals surface area contributed by atoms with Crippen LogP contribution in [0.1, 0.15) is 43.0 Å². The van der Waals surface area contributed by atoms with Crippen molar-refractivity contribution in [2.75, 3.05) is 45.1 Å². The molecular weight excluding hydrogens is 426 g/mol. The van der Waals surface area contributed by atoms with Gasteiger partial charge in [0.2, 0.25) is 0 Å². The summed E-state index contributed by atoms with van der Waals surface area (Å²) in [5, 5.41) is 13.4. The van der Waals surface area contributed by atoms with Crippen molar-refractivity contribution in [2.45, 2.75) is 38.7 Å². The fraction of sp³-hybridized carbons (Fsp3) is 0.650. The molecule has 0 aliphatic carbocycles. The smallest absolute Gasteiger partial charge is 0.255 e. The molecule has 156 valence electrons. The van der Waals surface area contributed by atoms with Crippen molar-refractivity contribution < 1.29 is 19.4 Å². The van der Waals surface area contributed by atoms with E-state index in [2.05, 4.69) is 33.1 Å². The molecule has 0 radical (unpaired) electrons. The van der Waals surface area contributed by atoms with Gasteiger partial charge in [0, 0.05) is 25.4 Å². The van der Waals surface area contributed by atoms with E-state index < -0.39 is 6.10 Å². The lowest BCUT2D eigenvalue weighted by molar-refractivity contribution is 0.0217. The fourth-order valence-corrected chi connectivity index (χ4v) is 4.08. The Labute approximate surface area is 174 Å². The van der Waals surface area contributed by atoms with Crippen LogP contribution in [0.5, 0.6) is 11.5 Å². The lowest BCUT2D eigenvalue weighted by Gasteiger charge is -2.36. The number of nitrogen functional groups attached to an aromatic ring is 1. The molecule has 1 amide bonds. The molecule has 0 saturated carbocycles. The number of halogens is 1. The molecular formula is C20H30BrN3O4. The van der Waals surface area contributed by atoms with Crippen LogP contribution in [-0.4, -0.2) is 61.4 Å². The van der Waals surface area contributed by atoms with Crippen molar-refractivity contribution >= 4 is 27.5 Å². The molecule has 0 spiro atoms. The van der Waals surface area contributed by atoms with Gasteiger partial charge in [-0.25, -0.2) is 0 Å². The van der Waals surface area contributed by atoms with Crippen LogP contribution in [-0.2, 0) is 0 Å². The van der Waals surface area contributed by atoms with Gasteiger partial charge in [-0.3, -0.25) is 4.79 Å². The van der Waals surface area contributed by atoms with Crippen LogP contribution in [0.25, 0.3) is 0 Å². The Morgan fingerprint density at radius 3 is 2.86 bits per heavy atom. The number of benzene rings is 1. The highest BCUT2D eigenvalue weighted by Gasteiger charge is 2.29. The molecule has 1 unspecified atom stereocenters. The number of β-amino-alcohol motifs (C(OH)–C–C–N with tert-alkyl or cyclic N) is 1. The van der Waals surface area contributed by atoms with Crippen LogP contribution in [0.3, 0.4) is 0 Å². The van der Waals surface area contributed by atoms with Crippen molar-refractivity contribution in [3.63, 3.8) is 0 Å². The first-order valence-electron chi connectivity index (χ1n) is 10.1. The molecule has 1 aromatic carbocycles. The number of nitrogens with one attached hydrogen (secondary N) is 1. The maximum atomic E-state index is 12.8. The van der Waals surface area contributed by atoms with Crippen LogP contribution in [0.2, 0.25) is 0 Å². The van der Waals surface area contributed by atoms with E-state index >= 15 is 0 Å². The van der Waals surface area contributed by atoms with Crippen molar-refractivity contribution in [1.29, 1.82) is 0 Å². The molecule has 2 aliphatic heterocycles. The van der Waals surface area contributed by atoms with Crippen molar-refractivity contribution in [3.8, 4) is 11.5 Å². The molecule has 1 aromatic rings. The Morgan fingerprint density at radius 2 is 2.14 bits per heavy atom. The van der Waals surface area contributed by atoms with Gasteiger partial charge < -0.3 is 30.5 Å². The van der Waals surface area contributed by atoms with Crippen molar-refractivity contribution in [2.24, 2.45) is 5.92 Å². The Balaban J connectivity index is 1.63. The SMILES string of the molecule is CCCCN1CC[C@@H](CNC(=O)c2cc(N)c(Br)c3c2OCCCO3)C(O)C1. The minimum absolute atomic E-state index is 0.0467. The highest BCUT2D eigenvalue weighted by atomic mass is 79.9. The first kappa shape index (κ1) is 21.2. The predicted molar refractivity (Wildman–Crippen MR) is 112 cm³/mol. The van der Waals surface area contributed by atoms with Crippen LogP contribution in [0.4, 0.5) is 5.69 Å². The van der Waals surface area contributed by atoms with E-state index in [1.165, 1.54) is 0 Å². The standard InChI is InChI=1S/C20H30BrN3O4/c1-2-3-6-24-7-5-13(16(25)12-24)11-23-20(26)14-10-15(22)17(21)19-18(14)27-8-4-9-28-19/h10,13,16,25H,2-9,11-12,22H2,1H3,(H,23,26)/t13-,16?/m0/s1. The molecule has 4 N–H and O–H groups in total. The monoisotopic (exact) mass is 455 g/mol. The second-order valence-electron chi connectivity index (χ2n) is 7.52. The zero-order chi connectivity index (χ0) is 20.1. The maximum absolute atomic E-state index is 12.8. The van der Waals surface area contributed by atoms with Crippen LogP contribution in [0, 0.1) is 5.92 Å². The number of anilines is 1. The first-order valence-corrected chi connectivity index (χ1v) is 10.9. The number of piperidine rings is 1. The molecule has 28 heavy (non-hydrogen) atoms. The Morgan fingerprint density at radius 1 is 1.39 bits per heavy atom. The molecule has 0 aromatic heterocycles. The number of aliphatic hydroxyl groups is 1. The van der Waals surface area contributed by atoms with E-state index in [1.54, 1.807) is 6.07 Å². The van der Waals surface area contributed by atoms with E-state index in [9.17, 15) is 9.90 Å². The Hall–Kier alpha value is -1.51. The zero-order valence-corrected chi connectivity index (χ0v) is 18.0. The van der Waals surface area contributed by atoms with Gasteiger partial charge in [0.25, 0.3) is 5.91 Å². The van der Waals surface area contributed by atoms with Gasteiger partial charge in [-0.15, -0.1) is 0 Å². The van der Waals surface area contributed by atoms with Crippen LogP contribution in [0.15, 0.2) is 10.5 Å². The lowest BCUT2D eigenvalue weighted by atomic mass is 9.93. The van der Waals surface area contributed by atoms with Gasteiger partial charge in [0.05, 0.1) is 35.0 Å². The van der Waals surface area contributed by atoms with Gasteiger partial charge in [-0.05, 0) is 47.9 Å². The summed E-state index contributed by atoms with van der Waals surface area (Å²) in [5.74, 6) is 0.685. The van der Waals surface area contributed by atoms with Gasteiger partial charge >= 0.3 is 0 Å². The number of nitrogens with zero attached hydrogens (tertiary/aromatic N) is 1. The van der Waals surface area contributed by atoms with Crippen molar-refractivity contribution in [3.05, 3.63) is 16.1 Å². The lowest BCUT2D eigenvalue weighted by Crippen LogP contribution is -2.47. The first-order chi connectivity index (χ1) is 13.5. The zero-order valence-electron chi connectivity index (χ0n) is 16.4. The number of likely N-dealkylation sites (tertiary alicyclic amines) is 1. The number of rotatable bonds is 6. The molecule has 2 aliphatic rings. The number of unbranched alkanes of at least 4 members (excludes halogenated alkanes) is 1. The number of hydrogen-bond donors (Lipinski definition) is 3. The second-order valence-corrected chi connectivity index (χ2v) is 8.31. The average Bonchev–Trinajstić information content (AvgIpc) is 2.94. The minimum Gasteiger partial charge on any atom is -0.489 e. The van der Waals surface area contributed by atoms with E-state index in [0.717, 1.165) is 38.8 Å². The summed E-state index contributed by atoms with van der Waals surface area (Å²) in [7, 11) is 0. The third-order valence-corrected chi connectivity index (χ3v) is 6.21. The number of nitrogens with two attached hydrogens (primary N) is 1. The quantitative estimate of drug-likeness (QED) is 0.569. The van der Waals surface area contributed by atoms with E-state index in [1.807, 2.05) is 0 Å². The summed E-state index contributed by atoms with van der Waals surface area (Å²) in [6.07, 6.45) is 3.47. The third-order valence-electron chi connectivity index (χ3n) is 5.39. The van der Waals surface area contributed by atoms with Gasteiger partial charge in [-0.1, -0.05) is 13.3 Å². The summed E-state index contributed by atoms with van der Waals surface area (Å²) in [6, 6.07) is 1.61. The number of carbonyl (C=O) groups excluding carboxylic acids is 1. The summed E-state index contributed by atoms with van der Waals surface area (Å²) in [5.41, 5.74) is 6.84.